The van der Waals surface area contributed by atoms with Gasteiger partial charge in [-0.3, -0.25) is 0 Å². The lowest BCUT2D eigenvalue weighted by Gasteiger charge is -2.37. The largest absolute Gasteiger partial charge is 0.573 e. The first-order valence-corrected chi connectivity index (χ1v) is 15.5. The van der Waals surface area contributed by atoms with Gasteiger partial charge in [0.05, 0.1) is 35.7 Å². The van der Waals surface area contributed by atoms with Gasteiger partial charge in [-0.15, -0.1) is 13.2 Å². The molecule has 2 heterocycles. The van der Waals surface area contributed by atoms with E-state index in [1.165, 1.54) is 40.7 Å². The summed E-state index contributed by atoms with van der Waals surface area (Å²) in [5.74, 6) is -2.56. The van der Waals surface area contributed by atoms with E-state index in [0.29, 0.717) is 26.1 Å². The zero-order valence-electron chi connectivity index (χ0n) is 21.4. The molecule has 2 aliphatic rings. The fraction of sp³-hybridized carbons (Fsp3) is 0.458. The standard InChI is InChI=1S/C24H27F3N2O10S2/c25-24(26,27)39-20-3-1-18(2-4-20)38-19-5-7-21(8-6-19)40(32,33)15-17(28-22(30)31)16-41(34,35)29-11-9-23(10-12-29)36-13-14-37-23/h1-8,17,28H,9-16H2,(H,30,31). The molecule has 1 amide bonds. The van der Waals surface area contributed by atoms with Gasteiger partial charge in [-0.2, -0.15) is 0 Å². The van der Waals surface area contributed by atoms with Crippen molar-refractivity contribution in [2.45, 2.75) is 35.9 Å². The number of sulfonamides is 1. The van der Waals surface area contributed by atoms with Crippen molar-refractivity contribution in [2.24, 2.45) is 0 Å². The molecule has 2 saturated heterocycles. The second-order valence-corrected chi connectivity index (χ2v) is 13.4. The lowest BCUT2D eigenvalue weighted by atomic mass is 10.1. The average molecular weight is 625 g/mol. The number of nitrogens with zero attached hydrogens (tertiary/aromatic N) is 1. The number of amides is 1. The van der Waals surface area contributed by atoms with Gasteiger partial charge in [-0.1, -0.05) is 0 Å². The van der Waals surface area contributed by atoms with E-state index in [1.54, 1.807) is 0 Å². The number of hydrogen-bond donors (Lipinski definition) is 2. The summed E-state index contributed by atoms with van der Waals surface area (Å²) in [6.07, 6.45) is -5.84. The molecule has 2 aromatic carbocycles. The van der Waals surface area contributed by atoms with Gasteiger partial charge in [0.25, 0.3) is 0 Å². The van der Waals surface area contributed by atoms with Crippen molar-refractivity contribution in [3.05, 3.63) is 48.5 Å². The topological polar surface area (TPSA) is 158 Å². The molecule has 12 nitrogen and oxygen atoms in total. The molecule has 1 spiro atoms. The number of piperidine rings is 1. The minimum absolute atomic E-state index is 0.0778. The van der Waals surface area contributed by atoms with Gasteiger partial charge in [-0.05, 0) is 48.5 Å². The number of carbonyl (C=O) groups is 1. The normalized spacial score (nSPS) is 18.6. The molecule has 1 unspecified atom stereocenters. The van der Waals surface area contributed by atoms with Crippen LogP contribution in [0.15, 0.2) is 53.4 Å². The molecule has 226 valence electrons. The Bertz CT molecular complexity index is 1420. The van der Waals surface area contributed by atoms with Crippen LogP contribution in [0.4, 0.5) is 18.0 Å². The van der Waals surface area contributed by atoms with Crippen molar-refractivity contribution in [2.75, 3.05) is 37.8 Å². The number of nitrogens with one attached hydrogen (secondary N) is 1. The summed E-state index contributed by atoms with van der Waals surface area (Å²) in [7, 11) is -8.21. The number of sulfone groups is 1. The first kappa shape index (κ1) is 30.8. The highest BCUT2D eigenvalue weighted by Gasteiger charge is 2.43. The van der Waals surface area contributed by atoms with Crippen molar-refractivity contribution in [3.8, 4) is 17.2 Å². The molecule has 17 heteroatoms. The van der Waals surface area contributed by atoms with E-state index in [9.17, 15) is 39.9 Å². The minimum atomic E-state index is -4.84. The van der Waals surface area contributed by atoms with Crippen LogP contribution in [-0.4, -0.2) is 88.3 Å². The van der Waals surface area contributed by atoms with Crippen LogP contribution in [0, 0.1) is 0 Å². The number of rotatable bonds is 10. The maximum absolute atomic E-state index is 13.1. The van der Waals surface area contributed by atoms with Crippen LogP contribution < -0.4 is 14.8 Å². The lowest BCUT2D eigenvalue weighted by Crippen LogP contribution is -2.51. The third-order valence-corrected chi connectivity index (χ3v) is 10.1. The Kier molecular flexibility index (Phi) is 9.03. The van der Waals surface area contributed by atoms with E-state index in [-0.39, 0.29) is 29.5 Å². The maximum atomic E-state index is 13.1. The van der Waals surface area contributed by atoms with Crippen molar-refractivity contribution < 1.29 is 58.9 Å². The number of hydrogen-bond acceptors (Lipinski definition) is 9. The van der Waals surface area contributed by atoms with E-state index in [4.69, 9.17) is 14.2 Å². The van der Waals surface area contributed by atoms with E-state index < -0.39 is 61.4 Å². The number of halogens is 3. The molecule has 0 saturated carbocycles. The number of alkyl halides is 3. The van der Waals surface area contributed by atoms with Gasteiger partial charge in [0, 0.05) is 25.9 Å². The van der Waals surface area contributed by atoms with Crippen LogP contribution >= 0.6 is 0 Å². The van der Waals surface area contributed by atoms with Gasteiger partial charge in [-0.25, -0.2) is 25.9 Å². The summed E-state index contributed by atoms with van der Waals surface area (Å²) >= 11 is 0. The summed E-state index contributed by atoms with van der Waals surface area (Å²) in [5, 5.41) is 11.2. The SMILES string of the molecule is O=C(O)NC(CS(=O)(=O)c1ccc(Oc2ccc(OC(F)(F)F)cc2)cc1)CS(=O)(=O)N1CCC2(CC1)OCCO2. The fourth-order valence-electron chi connectivity index (χ4n) is 4.48. The molecule has 41 heavy (non-hydrogen) atoms. The fourth-order valence-corrected chi connectivity index (χ4v) is 7.76. The highest BCUT2D eigenvalue weighted by molar-refractivity contribution is 7.91. The predicted molar refractivity (Wildman–Crippen MR) is 136 cm³/mol. The summed E-state index contributed by atoms with van der Waals surface area (Å²) in [6, 6.07) is 8.03. The molecule has 0 aliphatic carbocycles. The molecule has 4 rings (SSSR count). The second kappa shape index (κ2) is 12.0. The number of benzene rings is 2. The van der Waals surface area contributed by atoms with Crippen LogP contribution in [0.3, 0.4) is 0 Å². The van der Waals surface area contributed by atoms with Crippen LogP contribution in [0.25, 0.3) is 0 Å². The minimum Gasteiger partial charge on any atom is -0.465 e. The zero-order valence-corrected chi connectivity index (χ0v) is 23.0. The molecule has 0 radical (unpaired) electrons. The van der Waals surface area contributed by atoms with Crippen LogP contribution in [0.5, 0.6) is 17.2 Å². The summed E-state index contributed by atoms with van der Waals surface area (Å²) < 4.78 is 111. The van der Waals surface area contributed by atoms with Gasteiger partial charge in [0.1, 0.15) is 17.2 Å². The van der Waals surface area contributed by atoms with Crippen molar-refractivity contribution in [1.29, 1.82) is 0 Å². The van der Waals surface area contributed by atoms with Crippen molar-refractivity contribution in [1.82, 2.24) is 9.62 Å². The molecule has 2 N–H and O–H groups in total. The maximum Gasteiger partial charge on any atom is 0.573 e. The Morgan fingerprint density at radius 3 is 1.95 bits per heavy atom. The molecule has 1 atom stereocenters. The summed E-state index contributed by atoms with van der Waals surface area (Å²) in [4.78, 5) is 11.1. The monoisotopic (exact) mass is 624 g/mol. The Balaban J connectivity index is 1.39. The van der Waals surface area contributed by atoms with Crippen LogP contribution in [0.1, 0.15) is 12.8 Å². The third-order valence-electron chi connectivity index (χ3n) is 6.33. The average Bonchev–Trinajstić information content (AvgIpc) is 3.31. The number of ether oxygens (including phenoxy) is 4. The molecule has 2 aromatic rings. The Morgan fingerprint density at radius 2 is 1.44 bits per heavy atom. The lowest BCUT2D eigenvalue weighted by molar-refractivity contribution is -0.274. The van der Waals surface area contributed by atoms with Gasteiger partial charge in [0.15, 0.2) is 15.6 Å². The Morgan fingerprint density at radius 1 is 0.927 bits per heavy atom. The van der Waals surface area contributed by atoms with Gasteiger partial charge in [0.2, 0.25) is 10.0 Å². The Hall–Kier alpha value is -3.12. The molecular formula is C24H27F3N2O10S2. The molecular weight excluding hydrogens is 597 g/mol. The second-order valence-electron chi connectivity index (χ2n) is 9.31. The smallest absolute Gasteiger partial charge is 0.465 e. The quantitative estimate of drug-likeness (QED) is 0.403. The Labute approximate surface area is 233 Å². The van der Waals surface area contributed by atoms with E-state index in [0.717, 1.165) is 12.1 Å². The first-order chi connectivity index (χ1) is 19.1. The number of carboxylic acid groups (broad SMARTS) is 1. The highest BCUT2D eigenvalue weighted by Crippen LogP contribution is 2.32. The predicted octanol–water partition coefficient (Wildman–Crippen LogP) is 2.96. The molecule has 0 bridgehead atoms. The first-order valence-electron chi connectivity index (χ1n) is 12.3. The van der Waals surface area contributed by atoms with Crippen molar-refractivity contribution >= 4 is 26.0 Å². The van der Waals surface area contributed by atoms with Gasteiger partial charge >= 0.3 is 12.5 Å². The van der Waals surface area contributed by atoms with Crippen LogP contribution in [0.2, 0.25) is 0 Å². The molecule has 2 aliphatic heterocycles. The molecule has 2 fully saturated rings. The summed E-state index contributed by atoms with van der Waals surface area (Å²) in [5.41, 5.74) is 0. The van der Waals surface area contributed by atoms with E-state index in [2.05, 4.69) is 4.74 Å². The highest BCUT2D eigenvalue weighted by atomic mass is 32.2. The molecule has 0 aromatic heterocycles. The zero-order chi connectivity index (χ0) is 29.9. The van der Waals surface area contributed by atoms with Crippen LogP contribution in [-0.2, 0) is 29.3 Å². The van der Waals surface area contributed by atoms with E-state index >= 15 is 0 Å². The summed E-state index contributed by atoms with van der Waals surface area (Å²) in [6.45, 7) is 0.981. The third kappa shape index (κ3) is 8.45. The van der Waals surface area contributed by atoms with E-state index in [1.807, 2.05) is 5.32 Å². The van der Waals surface area contributed by atoms with Crippen molar-refractivity contribution in [3.63, 3.8) is 0 Å². The van der Waals surface area contributed by atoms with Gasteiger partial charge < -0.3 is 29.4 Å².